The summed E-state index contributed by atoms with van der Waals surface area (Å²) in [5, 5.41) is 2.93. The topological polar surface area (TPSA) is 72.3 Å². The predicted molar refractivity (Wildman–Crippen MR) is 106 cm³/mol. The van der Waals surface area contributed by atoms with Crippen LogP contribution in [0, 0.1) is 0 Å². The maximum atomic E-state index is 12.5. The van der Waals surface area contributed by atoms with E-state index in [0.29, 0.717) is 18.0 Å². The fourth-order valence-corrected chi connectivity index (χ4v) is 4.20. The Kier molecular flexibility index (Phi) is 5.90. The third-order valence-corrected chi connectivity index (χ3v) is 5.71. The minimum atomic E-state index is -0.145. The van der Waals surface area contributed by atoms with Gasteiger partial charge in [-0.25, -0.2) is 4.98 Å². The molecule has 0 aromatic carbocycles. The molecule has 2 aromatic rings. The van der Waals surface area contributed by atoms with Crippen LogP contribution >= 0.6 is 0 Å². The van der Waals surface area contributed by atoms with E-state index in [1.807, 2.05) is 25.3 Å². The Bertz CT molecular complexity index is 760. The highest BCUT2D eigenvalue weighted by Crippen LogP contribution is 2.24. The van der Waals surface area contributed by atoms with Gasteiger partial charge in [0.1, 0.15) is 23.4 Å². The van der Waals surface area contributed by atoms with Crippen LogP contribution in [-0.2, 0) is 13.0 Å². The van der Waals surface area contributed by atoms with Gasteiger partial charge in [-0.3, -0.25) is 14.7 Å². The molecule has 1 amide bonds. The van der Waals surface area contributed by atoms with E-state index in [1.54, 1.807) is 12.4 Å². The summed E-state index contributed by atoms with van der Waals surface area (Å²) in [7, 11) is 0. The molecule has 1 N–H and O–H groups in total. The van der Waals surface area contributed by atoms with Crippen LogP contribution in [-0.4, -0.2) is 57.1 Å². The molecule has 0 bridgehead atoms. The van der Waals surface area contributed by atoms with Crippen molar-refractivity contribution in [2.24, 2.45) is 0 Å². The summed E-state index contributed by atoms with van der Waals surface area (Å²) in [6.45, 7) is 5.34. The number of hydrogen-bond donors (Lipinski definition) is 1. The van der Waals surface area contributed by atoms with Gasteiger partial charge >= 0.3 is 0 Å². The molecule has 2 aromatic heterocycles. The third kappa shape index (κ3) is 4.52. The average Bonchev–Trinajstić information content (AvgIpc) is 3.34. The minimum Gasteiger partial charge on any atom is -0.487 e. The molecule has 1 atom stereocenters. The first-order chi connectivity index (χ1) is 13.7. The summed E-state index contributed by atoms with van der Waals surface area (Å²) in [4.78, 5) is 23.8. The molecule has 0 saturated heterocycles. The molecule has 1 aliphatic carbocycles. The molecular weight excluding hydrogens is 354 g/mol. The van der Waals surface area contributed by atoms with Crippen LogP contribution < -0.4 is 10.1 Å². The normalized spacial score (nSPS) is 19.0. The largest absolute Gasteiger partial charge is 0.487 e. The zero-order chi connectivity index (χ0) is 19.3. The van der Waals surface area contributed by atoms with Crippen molar-refractivity contribution in [1.29, 1.82) is 0 Å². The Morgan fingerprint density at radius 1 is 1.32 bits per heavy atom. The van der Waals surface area contributed by atoms with Crippen molar-refractivity contribution < 1.29 is 9.53 Å². The SMILES string of the molecule is CC(CNC(=O)c1cn2c(n1)CCN(C1CCCC1)CC2)Oc1cccnc1. The van der Waals surface area contributed by atoms with Gasteiger partial charge in [-0.1, -0.05) is 12.8 Å². The maximum absolute atomic E-state index is 12.5. The van der Waals surface area contributed by atoms with E-state index in [2.05, 4.69) is 24.8 Å². The highest BCUT2D eigenvalue weighted by atomic mass is 16.5. The van der Waals surface area contributed by atoms with Gasteiger partial charge in [-0.15, -0.1) is 0 Å². The van der Waals surface area contributed by atoms with E-state index in [4.69, 9.17) is 4.74 Å². The Labute approximate surface area is 166 Å². The molecule has 1 aliphatic heterocycles. The number of nitrogens with zero attached hydrogens (tertiary/aromatic N) is 4. The summed E-state index contributed by atoms with van der Waals surface area (Å²) in [5.41, 5.74) is 0.498. The fraction of sp³-hybridized carbons (Fsp3) is 0.571. The molecule has 4 rings (SSSR count). The van der Waals surface area contributed by atoms with Crippen LogP contribution in [0.4, 0.5) is 0 Å². The Morgan fingerprint density at radius 2 is 2.18 bits per heavy atom. The van der Waals surface area contributed by atoms with Crippen molar-refractivity contribution >= 4 is 5.91 Å². The average molecular weight is 383 g/mol. The van der Waals surface area contributed by atoms with Crippen LogP contribution in [0.5, 0.6) is 5.75 Å². The molecule has 3 heterocycles. The number of imidazole rings is 1. The number of hydrogen-bond acceptors (Lipinski definition) is 5. The lowest BCUT2D eigenvalue weighted by Gasteiger charge is -2.26. The lowest BCUT2D eigenvalue weighted by atomic mass is 10.2. The van der Waals surface area contributed by atoms with Crippen LogP contribution in [0.25, 0.3) is 0 Å². The highest BCUT2D eigenvalue weighted by Gasteiger charge is 2.25. The molecule has 1 fully saturated rings. The number of ether oxygens (including phenoxy) is 1. The van der Waals surface area contributed by atoms with Crippen molar-refractivity contribution in [2.75, 3.05) is 19.6 Å². The molecular formula is C21H29N5O2. The van der Waals surface area contributed by atoms with E-state index in [-0.39, 0.29) is 12.0 Å². The van der Waals surface area contributed by atoms with Gasteiger partial charge in [0.05, 0.1) is 12.7 Å². The van der Waals surface area contributed by atoms with Crippen LogP contribution in [0.2, 0.25) is 0 Å². The minimum absolute atomic E-state index is 0.144. The summed E-state index contributed by atoms with van der Waals surface area (Å²) < 4.78 is 7.90. The molecule has 7 heteroatoms. The van der Waals surface area contributed by atoms with Gasteiger partial charge in [0, 0.05) is 44.5 Å². The maximum Gasteiger partial charge on any atom is 0.271 e. The molecule has 7 nitrogen and oxygen atoms in total. The Balaban J connectivity index is 1.29. The second kappa shape index (κ2) is 8.73. The summed E-state index contributed by atoms with van der Waals surface area (Å²) in [6, 6.07) is 4.42. The third-order valence-electron chi connectivity index (χ3n) is 5.71. The van der Waals surface area contributed by atoms with Crippen LogP contribution in [0.3, 0.4) is 0 Å². The van der Waals surface area contributed by atoms with Gasteiger partial charge in [0.2, 0.25) is 0 Å². The van der Waals surface area contributed by atoms with Crippen molar-refractivity contribution in [2.45, 2.75) is 57.7 Å². The van der Waals surface area contributed by atoms with E-state index in [9.17, 15) is 4.79 Å². The quantitative estimate of drug-likeness (QED) is 0.829. The number of pyridine rings is 1. The molecule has 1 unspecified atom stereocenters. The number of amides is 1. The molecule has 2 aliphatic rings. The lowest BCUT2D eigenvalue weighted by molar-refractivity contribution is 0.0927. The standard InChI is InChI=1S/C21H29N5O2/c1-16(28-18-7-4-9-22-14-18)13-23-21(27)19-15-26-12-11-25(10-8-20(26)24-19)17-5-2-3-6-17/h4,7,9,14-17H,2-3,5-6,8,10-13H2,1H3,(H,23,27). The molecule has 0 spiro atoms. The van der Waals surface area contributed by atoms with Crippen LogP contribution in [0.15, 0.2) is 30.7 Å². The van der Waals surface area contributed by atoms with Gasteiger partial charge in [-0.05, 0) is 31.9 Å². The van der Waals surface area contributed by atoms with E-state index < -0.39 is 0 Å². The first-order valence-electron chi connectivity index (χ1n) is 10.3. The summed E-state index contributed by atoms with van der Waals surface area (Å²) >= 11 is 0. The number of carbonyl (C=O) groups excluding carboxylic acids is 1. The number of nitrogens with one attached hydrogen (secondary N) is 1. The molecule has 1 saturated carbocycles. The highest BCUT2D eigenvalue weighted by molar-refractivity contribution is 5.92. The number of aromatic nitrogens is 3. The van der Waals surface area contributed by atoms with Gasteiger partial charge in [-0.2, -0.15) is 0 Å². The smallest absolute Gasteiger partial charge is 0.271 e. The fourth-order valence-electron chi connectivity index (χ4n) is 4.20. The number of rotatable bonds is 6. The van der Waals surface area contributed by atoms with Gasteiger partial charge in [0.25, 0.3) is 5.91 Å². The van der Waals surface area contributed by atoms with E-state index in [0.717, 1.165) is 37.9 Å². The lowest BCUT2D eigenvalue weighted by Crippen LogP contribution is -2.35. The van der Waals surface area contributed by atoms with Gasteiger partial charge in [0.15, 0.2) is 0 Å². The predicted octanol–water partition coefficient (Wildman–Crippen LogP) is 2.28. The molecule has 150 valence electrons. The summed E-state index contributed by atoms with van der Waals surface area (Å²) in [6.07, 6.45) is 11.4. The van der Waals surface area contributed by atoms with E-state index >= 15 is 0 Å². The van der Waals surface area contributed by atoms with Gasteiger partial charge < -0.3 is 14.6 Å². The van der Waals surface area contributed by atoms with Crippen molar-refractivity contribution in [3.63, 3.8) is 0 Å². The second-order valence-corrected chi connectivity index (χ2v) is 7.79. The van der Waals surface area contributed by atoms with Crippen LogP contribution in [0.1, 0.15) is 48.9 Å². The van der Waals surface area contributed by atoms with E-state index in [1.165, 1.54) is 25.7 Å². The first-order valence-corrected chi connectivity index (χ1v) is 10.3. The molecule has 28 heavy (non-hydrogen) atoms. The number of fused-ring (bicyclic) bond motifs is 1. The van der Waals surface area contributed by atoms with Crippen molar-refractivity contribution in [1.82, 2.24) is 24.8 Å². The van der Waals surface area contributed by atoms with Crippen molar-refractivity contribution in [3.05, 3.63) is 42.2 Å². The van der Waals surface area contributed by atoms with Crippen molar-refractivity contribution in [3.8, 4) is 5.75 Å². The second-order valence-electron chi connectivity index (χ2n) is 7.79. The first kappa shape index (κ1) is 18.9. The summed E-state index contributed by atoms with van der Waals surface area (Å²) in [5.74, 6) is 1.57. The molecule has 0 radical (unpaired) electrons. The zero-order valence-electron chi connectivity index (χ0n) is 16.5. The Hall–Kier alpha value is -2.41. The Morgan fingerprint density at radius 3 is 2.96 bits per heavy atom. The monoisotopic (exact) mass is 383 g/mol. The number of carbonyl (C=O) groups is 1. The zero-order valence-corrected chi connectivity index (χ0v) is 16.5.